The van der Waals surface area contributed by atoms with Gasteiger partial charge >= 0.3 is 0 Å². The summed E-state index contributed by atoms with van der Waals surface area (Å²) in [6, 6.07) is 9.31. The van der Waals surface area contributed by atoms with Crippen LogP contribution in [0, 0.1) is 0 Å². The number of carbonyl (C=O) groups excluding carboxylic acids is 3. The van der Waals surface area contributed by atoms with E-state index in [0.29, 0.717) is 5.56 Å². The Labute approximate surface area is 124 Å². The predicted octanol–water partition coefficient (Wildman–Crippen LogP) is 0.460. The van der Waals surface area contributed by atoms with E-state index < -0.39 is 17.2 Å². The average Bonchev–Trinajstić information content (AvgIpc) is 2.46. The van der Waals surface area contributed by atoms with Gasteiger partial charge in [0.1, 0.15) is 0 Å². The summed E-state index contributed by atoms with van der Waals surface area (Å²) < 4.78 is 0. The van der Waals surface area contributed by atoms with Gasteiger partial charge in [-0.3, -0.25) is 4.79 Å². The zero-order valence-electron chi connectivity index (χ0n) is 10.5. The number of hydrogen-bond donors (Lipinski definition) is 0. The molecule has 0 unspecified atom stereocenters. The van der Waals surface area contributed by atoms with Crippen LogP contribution in [0.2, 0.25) is 0 Å². The summed E-state index contributed by atoms with van der Waals surface area (Å²) in [7, 11) is 0. The first-order chi connectivity index (χ1) is 9.91. The van der Waals surface area contributed by atoms with Gasteiger partial charge in [-0.1, -0.05) is 30.3 Å². The summed E-state index contributed by atoms with van der Waals surface area (Å²) in [5.74, 6) is -3.02. The summed E-state index contributed by atoms with van der Waals surface area (Å²) in [4.78, 5) is 33.3. The molecule has 5 nitrogen and oxygen atoms in total. The van der Waals surface area contributed by atoms with Crippen LogP contribution in [0.4, 0.5) is 0 Å². The number of carboxylic acids is 2. The highest BCUT2D eigenvalue weighted by molar-refractivity contribution is 6.67. The van der Waals surface area contributed by atoms with Crippen molar-refractivity contribution in [1.82, 2.24) is 0 Å². The fourth-order valence-corrected chi connectivity index (χ4v) is 2.10. The first-order valence-corrected chi connectivity index (χ1v) is 6.15. The fraction of sp³-hybridized carbons (Fsp3) is 0. The molecule has 21 heavy (non-hydrogen) atoms. The van der Waals surface area contributed by atoms with E-state index in [0.717, 1.165) is 0 Å². The molecule has 0 atom stereocenters. The number of aromatic carboxylic acids is 2. The third kappa shape index (κ3) is 2.93. The van der Waals surface area contributed by atoms with Crippen molar-refractivity contribution in [2.45, 2.75) is 0 Å². The summed E-state index contributed by atoms with van der Waals surface area (Å²) in [5.41, 5.74) is -0.0774. The average molecular weight is 303 g/mol. The molecule has 0 aliphatic heterocycles. The Morgan fingerprint density at radius 3 is 1.67 bits per heavy atom. The normalized spacial score (nSPS) is 10.1. The van der Waals surface area contributed by atoms with E-state index in [2.05, 4.69) is 0 Å². The van der Waals surface area contributed by atoms with Crippen LogP contribution in [0.25, 0.3) is 11.1 Å². The van der Waals surface area contributed by atoms with Crippen LogP contribution in [0.3, 0.4) is 0 Å². The maximum atomic E-state index is 11.1. The van der Waals surface area contributed by atoms with E-state index in [9.17, 15) is 24.6 Å². The summed E-state index contributed by atoms with van der Waals surface area (Å²) in [5, 5.41) is 21.6. The lowest BCUT2D eigenvalue weighted by molar-refractivity contribution is -0.255. The topological polar surface area (TPSA) is 97.3 Å². The SMILES string of the molecule is O=C(Cl)c1ccc(-c2c(C(=O)[O-])cccc2C(=O)[O-])cc1. The maximum absolute atomic E-state index is 11.1. The first kappa shape index (κ1) is 14.7. The molecule has 0 saturated carbocycles. The van der Waals surface area contributed by atoms with E-state index in [1.807, 2.05) is 0 Å². The van der Waals surface area contributed by atoms with Crippen LogP contribution in [0.1, 0.15) is 31.1 Å². The van der Waals surface area contributed by atoms with E-state index in [4.69, 9.17) is 11.6 Å². The molecule has 0 fully saturated rings. The predicted molar refractivity (Wildman–Crippen MR) is 70.7 cm³/mol. The molecule has 106 valence electrons. The minimum atomic E-state index is -1.51. The molecule has 0 aromatic heterocycles. The van der Waals surface area contributed by atoms with Crippen LogP contribution in [-0.2, 0) is 0 Å². The summed E-state index contributed by atoms with van der Waals surface area (Å²) in [6.07, 6.45) is 0. The second-order valence-corrected chi connectivity index (χ2v) is 4.50. The third-order valence-corrected chi connectivity index (χ3v) is 3.12. The molecule has 0 aliphatic rings. The summed E-state index contributed by atoms with van der Waals surface area (Å²) in [6.45, 7) is 0. The molecule has 0 aliphatic carbocycles. The van der Waals surface area contributed by atoms with Crippen LogP contribution < -0.4 is 10.2 Å². The molecule has 2 aromatic rings. The van der Waals surface area contributed by atoms with E-state index in [-0.39, 0.29) is 22.3 Å². The van der Waals surface area contributed by atoms with Crippen molar-refractivity contribution in [3.8, 4) is 11.1 Å². The zero-order valence-corrected chi connectivity index (χ0v) is 11.2. The molecule has 0 amide bonds. The Balaban J connectivity index is 2.68. The molecule has 0 bridgehead atoms. The van der Waals surface area contributed by atoms with Gasteiger partial charge in [-0.05, 0) is 34.9 Å². The number of benzene rings is 2. The second-order valence-electron chi connectivity index (χ2n) is 4.15. The number of carboxylic acid groups (broad SMARTS) is 2. The van der Waals surface area contributed by atoms with E-state index >= 15 is 0 Å². The van der Waals surface area contributed by atoms with Crippen molar-refractivity contribution < 1.29 is 24.6 Å². The fourth-order valence-electron chi connectivity index (χ4n) is 1.97. The number of rotatable bonds is 4. The van der Waals surface area contributed by atoms with Crippen LogP contribution in [0.5, 0.6) is 0 Å². The van der Waals surface area contributed by atoms with Gasteiger partial charge in [0, 0.05) is 16.7 Å². The smallest absolute Gasteiger partial charge is 0.252 e. The maximum Gasteiger partial charge on any atom is 0.252 e. The molecule has 6 heteroatoms. The molecule has 0 spiro atoms. The lowest BCUT2D eigenvalue weighted by Gasteiger charge is -2.16. The Hall–Kier alpha value is -2.66. The monoisotopic (exact) mass is 302 g/mol. The Bertz CT molecular complexity index is 702. The summed E-state index contributed by atoms with van der Waals surface area (Å²) >= 11 is 5.32. The quantitative estimate of drug-likeness (QED) is 0.764. The highest BCUT2D eigenvalue weighted by Gasteiger charge is 2.13. The van der Waals surface area contributed by atoms with Crippen molar-refractivity contribution >= 4 is 28.8 Å². The van der Waals surface area contributed by atoms with E-state index in [1.165, 1.54) is 42.5 Å². The van der Waals surface area contributed by atoms with Gasteiger partial charge in [-0.25, -0.2) is 0 Å². The lowest BCUT2D eigenvalue weighted by atomic mass is 9.93. The molecule has 0 saturated heterocycles. The Kier molecular flexibility index (Phi) is 4.05. The van der Waals surface area contributed by atoms with Gasteiger partial charge in [-0.2, -0.15) is 0 Å². The molecular formula is C15H7ClO5-2. The van der Waals surface area contributed by atoms with Crippen molar-refractivity contribution in [2.24, 2.45) is 0 Å². The zero-order chi connectivity index (χ0) is 15.6. The van der Waals surface area contributed by atoms with Crippen molar-refractivity contribution in [3.05, 3.63) is 59.2 Å². The van der Waals surface area contributed by atoms with Crippen molar-refractivity contribution in [3.63, 3.8) is 0 Å². The minimum Gasteiger partial charge on any atom is -0.545 e. The molecule has 0 heterocycles. The first-order valence-electron chi connectivity index (χ1n) is 5.77. The molecule has 0 radical (unpaired) electrons. The highest BCUT2D eigenvalue weighted by Crippen LogP contribution is 2.28. The van der Waals surface area contributed by atoms with Crippen LogP contribution >= 0.6 is 11.6 Å². The Morgan fingerprint density at radius 1 is 0.810 bits per heavy atom. The minimum absolute atomic E-state index is 0.0360. The van der Waals surface area contributed by atoms with Gasteiger partial charge in [0.05, 0.1) is 11.9 Å². The molecule has 0 N–H and O–H groups in total. The van der Waals surface area contributed by atoms with Gasteiger partial charge in [0.25, 0.3) is 5.24 Å². The Morgan fingerprint density at radius 2 is 1.29 bits per heavy atom. The van der Waals surface area contributed by atoms with Crippen molar-refractivity contribution in [2.75, 3.05) is 0 Å². The van der Waals surface area contributed by atoms with Crippen molar-refractivity contribution in [1.29, 1.82) is 0 Å². The molecular weight excluding hydrogens is 296 g/mol. The third-order valence-electron chi connectivity index (χ3n) is 2.90. The second kappa shape index (κ2) is 5.76. The van der Waals surface area contributed by atoms with Gasteiger partial charge in [0.15, 0.2) is 0 Å². The van der Waals surface area contributed by atoms with Crippen LogP contribution in [-0.4, -0.2) is 17.2 Å². The molecule has 2 rings (SSSR count). The highest BCUT2D eigenvalue weighted by atomic mass is 35.5. The standard InChI is InChI=1S/C15H9ClO5/c16-13(17)9-6-4-8(5-7-9)12-10(14(18)19)2-1-3-11(12)15(20)21/h1-7H,(H,18,19)(H,20,21)/p-2. The number of hydrogen-bond acceptors (Lipinski definition) is 5. The van der Waals surface area contributed by atoms with Gasteiger partial charge < -0.3 is 19.8 Å². The lowest BCUT2D eigenvalue weighted by Crippen LogP contribution is -2.27. The largest absolute Gasteiger partial charge is 0.545 e. The number of halogens is 1. The van der Waals surface area contributed by atoms with Gasteiger partial charge in [-0.15, -0.1) is 0 Å². The number of carbonyl (C=O) groups is 3. The van der Waals surface area contributed by atoms with Gasteiger partial charge in [0.2, 0.25) is 0 Å². The molecule has 2 aromatic carbocycles. The van der Waals surface area contributed by atoms with E-state index in [1.54, 1.807) is 0 Å². The van der Waals surface area contributed by atoms with Crippen LogP contribution in [0.15, 0.2) is 42.5 Å².